The molecule has 290 valence electrons. The molecule has 0 fully saturated rings. The van der Waals surface area contributed by atoms with Crippen molar-refractivity contribution in [1.82, 2.24) is 0 Å². The van der Waals surface area contributed by atoms with Crippen LogP contribution in [-0.2, 0) is 0 Å². The van der Waals surface area contributed by atoms with E-state index in [4.69, 9.17) is 0 Å². The van der Waals surface area contributed by atoms with Gasteiger partial charge in [-0.2, -0.15) is 0 Å². The summed E-state index contributed by atoms with van der Waals surface area (Å²) in [5, 5.41) is 0. The molecule has 0 nitrogen and oxygen atoms in total. The van der Waals surface area contributed by atoms with Crippen LogP contribution in [0.2, 0.25) is 78.6 Å². The van der Waals surface area contributed by atoms with Gasteiger partial charge in [0.2, 0.25) is 0 Å². The van der Waals surface area contributed by atoms with E-state index in [-0.39, 0.29) is 16.6 Å². The van der Waals surface area contributed by atoms with E-state index in [1.54, 1.807) is 0 Å². The molecule has 6 aromatic carbocycles. The van der Waals surface area contributed by atoms with Crippen LogP contribution in [-0.4, -0.2) is 84.6 Å². The van der Waals surface area contributed by atoms with E-state index in [0.29, 0.717) is 0 Å². The zero-order valence-electron chi connectivity index (χ0n) is 36.3. The minimum atomic E-state index is -1.98. The summed E-state index contributed by atoms with van der Waals surface area (Å²) >= 11 is -3.96. The van der Waals surface area contributed by atoms with Crippen molar-refractivity contribution in [1.29, 1.82) is 0 Å². The van der Waals surface area contributed by atoms with E-state index in [1.165, 1.54) is 21.5 Å². The molecule has 8 heteroatoms. The number of hydrogen-bond acceptors (Lipinski definition) is 0. The summed E-state index contributed by atoms with van der Waals surface area (Å²) in [6.07, 6.45) is 0. The van der Waals surface area contributed by atoms with Gasteiger partial charge in [0.15, 0.2) is 0 Å². The van der Waals surface area contributed by atoms with Gasteiger partial charge in [0.05, 0.1) is 0 Å². The average Bonchev–Trinajstić information content (AvgIpc) is 3.21. The molecule has 56 heavy (non-hydrogen) atoms. The Morgan fingerprint density at radius 3 is 0.536 bits per heavy atom. The van der Waals surface area contributed by atoms with Crippen LogP contribution in [0.5, 0.6) is 0 Å². The zero-order chi connectivity index (χ0) is 41.0. The molecule has 0 heterocycles. The molecular weight excluding hydrogens is 982 g/mol. The Hall–Kier alpha value is -1.78. The van der Waals surface area contributed by atoms with E-state index >= 15 is 0 Å². The van der Waals surface area contributed by atoms with Gasteiger partial charge in [-0.1, -0.05) is 78.6 Å². The summed E-state index contributed by atoms with van der Waals surface area (Å²) in [5.41, 5.74) is 0. The molecule has 0 atom stereocenters. The van der Waals surface area contributed by atoms with Crippen molar-refractivity contribution in [3.63, 3.8) is 0 Å². The first-order valence-electron chi connectivity index (χ1n) is 20.2. The summed E-state index contributed by atoms with van der Waals surface area (Å²) < 4.78 is 9.18. The first kappa shape index (κ1) is 46.9. The summed E-state index contributed by atoms with van der Waals surface area (Å²) in [6.45, 7) is 32.7. The van der Waals surface area contributed by atoms with Crippen LogP contribution in [0.3, 0.4) is 0 Å². The fraction of sp³-hybridized carbons (Fsp3) is 0.250. The van der Waals surface area contributed by atoms with Gasteiger partial charge in [-0.15, -0.1) is 0 Å². The van der Waals surface area contributed by atoms with Gasteiger partial charge in [-0.05, 0) is 0 Å². The summed E-state index contributed by atoms with van der Waals surface area (Å²) in [4.78, 5) is 0. The average molecular weight is 1050 g/mol. The molecule has 0 unspecified atom stereocenters. The van der Waals surface area contributed by atoms with Crippen molar-refractivity contribution in [3.05, 3.63) is 182 Å². The summed E-state index contributed by atoms with van der Waals surface area (Å²) in [6, 6.07) is 65.9. The van der Waals surface area contributed by atoms with Crippen LogP contribution < -0.4 is 21.5 Å². The van der Waals surface area contributed by atoms with Crippen LogP contribution in [0, 0.1) is 0 Å². The van der Waals surface area contributed by atoms with E-state index in [9.17, 15) is 0 Å². The maximum atomic E-state index is 2.81. The van der Waals surface area contributed by atoms with Crippen molar-refractivity contribution in [2.45, 2.75) is 78.6 Å². The molecule has 0 amide bonds. The Kier molecular flexibility index (Phi) is 18.0. The van der Waals surface area contributed by atoms with Crippen LogP contribution >= 0.6 is 0 Å². The van der Waals surface area contributed by atoms with Gasteiger partial charge < -0.3 is 0 Å². The van der Waals surface area contributed by atoms with E-state index in [1.807, 2.05) is 0 Å². The van der Waals surface area contributed by atoms with E-state index < -0.39 is 68.0 Å². The molecular formula is C48H66Si6Sn2. The SMILES string of the molecule is C[Si](C)[Si](C)(C)[Si](C)(C)[Si](C)(C)[Si](C)(C)[Si](C)C.c1cc[c]([Sn]([c]2ccccc2)[c]2ccccc2)cc1.c1cc[c]([Sn]([c]2ccccc2)[c]2ccccc2)cc1. The zero-order valence-corrected chi connectivity index (χ0v) is 48.0. The van der Waals surface area contributed by atoms with Crippen molar-refractivity contribution >= 4 is 106 Å². The predicted octanol–water partition coefficient (Wildman–Crippen LogP) is 9.13. The number of benzene rings is 6. The van der Waals surface area contributed by atoms with Crippen molar-refractivity contribution in [2.24, 2.45) is 0 Å². The van der Waals surface area contributed by atoms with Crippen molar-refractivity contribution < 1.29 is 0 Å². The predicted molar refractivity (Wildman–Crippen MR) is 273 cm³/mol. The monoisotopic (exact) mass is 1050 g/mol. The first-order valence-corrected chi connectivity index (χ1v) is 50.8. The van der Waals surface area contributed by atoms with Crippen molar-refractivity contribution in [2.75, 3.05) is 0 Å². The Bertz CT molecular complexity index is 1650. The Morgan fingerprint density at radius 1 is 0.268 bits per heavy atom. The third-order valence-corrected chi connectivity index (χ3v) is 136. The minimum absolute atomic E-state index is 0.0662. The number of rotatable bonds is 11. The molecule has 0 aromatic heterocycles. The standard InChI is InChI=1S/C12H36Si6.6C6H5.2Sn/c1-13(2)15(5,6)17(9,10)18(11,12)16(7,8)14(3)4;6*1-2-4-6-5-3-1;;/h1-12H3;6*1-5H;;. The van der Waals surface area contributed by atoms with Gasteiger partial charge in [-0.25, -0.2) is 0 Å². The van der Waals surface area contributed by atoms with Crippen molar-refractivity contribution in [3.8, 4) is 0 Å². The quantitative estimate of drug-likeness (QED) is 0.114. The van der Waals surface area contributed by atoms with Crippen LogP contribution in [0.25, 0.3) is 0 Å². The third-order valence-electron chi connectivity index (χ3n) is 13.6. The van der Waals surface area contributed by atoms with Gasteiger partial charge in [-0.3, -0.25) is 0 Å². The molecule has 0 spiro atoms. The molecule has 0 aliphatic rings. The molecule has 0 saturated carbocycles. The van der Waals surface area contributed by atoms with E-state index in [0.717, 1.165) is 0 Å². The number of hydrogen-bond donors (Lipinski definition) is 0. The molecule has 0 N–H and O–H groups in total. The molecule has 0 aliphatic heterocycles. The molecule has 4 radical (unpaired) electrons. The second-order valence-electron chi connectivity index (χ2n) is 17.4. The Morgan fingerprint density at radius 2 is 0.411 bits per heavy atom. The van der Waals surface area contributed by atoms with Gasteiger partial charge in [0, 0.05) is 45.1 Å². The van der Waals surface area contributed by atoms with E-state index in [2.05, 4.69) is 261 Å². The molecule has 0 bridgehead atoms. The van der Waals surface area contributed by atoms with Gasteiger partial charge >= 0.3 is 243 Å². The summed E-state index contributed by atoms with van der Waals surface area (Å²) in [7, 11) is -4.04. The van der Waals surface area contributed by atoms with Crippen LogP contribution in [0.4, 0.5) is 0 Å². The third kappa shape index (κ3) is 11.5. The maximum absolute atomic E-state index is 2.81. The van der Waals surface area contributed by atoms with Crippen LogP contribution in [0.15, 0.2) is 182 Å². The fourth-order valence-electron chi connectivity index (χ4n) is 7.44. The first-order chi connectivity index (χ1) is 26.5. The second kappa shape index (κ2) is 21.5. The van der Waals surface area contributed by atoms with Crippen LogP contribution in [0.1, 0.15) is 0 Å². The second-order valence-corrected chi connectivity index (χ2v) is 90.6. The molecule has 6 aromatic rings. The molecule has 6 rings (SSSR count). The topological polar surface area (TPSA) is 0 Å². The normalized spacial score (nSPS) is 12.2. The molecule has 0 saturated heterocycles. The summed E-state index contributed by atoms with van der Waals surface area (Å²) in [5.74, 6) is 0. The van der Waals surface area contributed by atoms with Gasteiger partial charge in [0.25, 0.3) is 0 Å². The fourth-order valence-corrected chi connectivity index (χ4v) is 149. The Labute approximate surface area is 362 Å². The van der Waals surface area contributed by atoms with Gasteiger partial charge in [0.1, 0.15) is 0 Å². The molecule has 0 aliphatic carbocycles. The Balaban J connectivity index is 0.000000187.